The van der Waals surface area contributed by atoms with Gasteiger partial charge in [-0.05, 0) is 12.1 Å². The van der Waals surface area contributed by atoms with Gasteiger partial charge in [0.1, 0.15) is 11.5 Å². The monoisotopic (exact) mass is 278 g/mol. The van der Waals surface area contributed by atoms with E-state index in [0.29, 0.717) is 12.6 Å². The van der Waals surface area contributed by atoms with Crippen LogP contribution >= 0.6 is 0 Å². The minimum absolute atomic E-state index is 0.0648. The fourth-order valence-electron chi connectivity index (χ4n) is 1.69. The molecule has 1 aromatic carbocycles. The van der Waals surface area contributed by atoms with Crippen LogP contribution in [0, 0.1) is 15.9 Å². The molecule has 0 radical (unpaired) electrons. The number of nitro benzene ring substituents is 1. The Balaban J connectivity index is 2.27. The molecule has 1 aromatic heterocycles. The summed E-state index contributed by atoms with van der Waals surface area (Å²) < 4.78 is 15.0. The van der Waals surface area contributed by atoms with E-state index in [1.54, 1.807) is 12.3 Å². The Hall–Kier alpha value is -2.28. The van der Waals surface area contributed by atoms with Gasteiger partial charge in [0.05, 0.1) is 10.6 Å². The number of halogens is 1. The normalized spacial score (nSPS) is 11.0. The van der Waals surface area contributed by atoms with E-state index < -0.39 is 10.7 Å². The standard InChI is InChI=1S/C13H15FN4O2/c1-9(2)15-8-10-5-6-17(16-10)13-7-11(18(19)20)3-4-12(13)14/h3-7,9,15H,8H2,1-2H3. The minimum atomic E-state index is -0.562. The van der Waals surface area contributed by atoms with E-state index in [2.05, 4.69) is 10.4 Å². The first-order valence-corrected chi connectivity index (χ1v) is 6.19. The number of aromatic nitrogens is 2. The third-order valence-corrected chi connectivity index (χ3v) is 2.72. The highest BCUT2D eigenvalue weighted by Gasteiger charge is 2.13. The molecule has 0 aliphatic rings. The van der Waals surface area contributed by atoms with Crippen LogP contribution in [0.4, 0.5) is 10.1 Å². The van der Waals surface area contributed by atoms with Gasteiger partial charge in [-0.3, -0.25) is 10.1 Å². The van der Waals surface area contributed by atoms with Crippen LogP contribution in [0.5, 0.6) is 0 Å². The van der Waals surface area contributed by atoms with E-state index in [9.17, 15) is 14.5 Å². The van der Waals surface area contributed by atoms with Gasteiger partial charge in [0.2, 0.25) is 0 Å². The van der Waals surface area contributed by atoms with E-state index in [-0.39, 0.29) is 11.4 Å². The van der Waals surface area contributed by atoms with Crippen molar-refractivity contribution in [1.82, 2.24) is 15.1 Å². The highest BCUT2D eigenvalue weighted by molar-refractivity contribution is 5.43. The molecule has 0 saturated heterocycles. The van der Waals surface area contributed by atoms with Gasteiger partial charge in [-0.15, -0.1) is 0 Å². The lowest BCUT2D eigenvalue weighted by molar-refractivity contribution is -0.384. The summed E-state index contributed by atoms with van der Waals surface area (Å²) in [4.78, 5) is 10.2. The quantitative estimate of drug-likeness (QED) is 0.673. The lowest BCUT2D eigenvalue weighted by Crippen LogP contribution is -2.22. The maximum atomic E-state index is 13.7. The summed E-state index contributed by atoms with van der Waals surface area (Å²) in [5.74, 6) is -0.554. The predicted molar refractivity (Wildman–Crippen MR) is 72.2 cm³/mol. The average Bonchev–Trinajstić information content (AvgIpc) is 2.85. The van der Waals surface area contributed by atoms with Crippen molar-refractivity contribution < 1.29 is 9.31 Å². The molecule has 1 heterocycles. The number of non-ortho nitro benzene ring substituents is 1. The van der Waals surface area contributed by atoms with Crippen molar-refractivity contribution in [2.24, 2.45) is 0 Å². The van der Waals surface area contributed by atoms with Crippen LogP contribution in [0.3, 0.4) is 0 Å². The van der Waals surface area contributed by atoms with Crippen LogP contribution < -0.4 is 5.32 Å². The molecule has 2 rings (SSSR count). The lowest BCUT2D eigenvalue weighted by Gasteiger charge is -2.05. The van der Waals surface area contributed by atoms with E-state index in [1.807, 2.05) is 13.8 Å². The van der Waals surface area contributed by atoms with Crippen molar-refractivity contribution in [2.75, 3.05) is 0 Å². The molecule has 106 valence electrons. The fraction of sp³-hybridized carbons (Fsp3) is 0.308. The van der Waals surface area contributed by atoms with E-state index in [0.717, 1.165) is 17.8 Å². The molecule has 0 fully saturated rings. The first-order chi connectivity index (χ1) is 9.47. The van der Waals surface area contributed by atoms with Gasteiger partial charge < -0.3 is 5.32 Å². The van der Waals surface area contributed by atoms with Crippen molar-refractivity contribution in [2.45, 2.75) is 26.4 Å². The molecule has 0 atom stereocenters. The second kappa shape index (κ2) is 5.79. The Bertz CT molecular complexity index is 625. The van der Waals surface area contributed by atoms with Crippen molar-refractivity contribution in [3.05, 3.63) is 52.1 Å². The molecular formula is C13H15FN4O2. The highest BCUT2D eigenvalue weighted by atomic mass is 19.1. The van der Waals surface area contributed by atoms with Crippen LogP contribution in [-0.4, -0.2) is 20.7 Å². The first kappa shape index (κ1) is 14.1. The minimum Gasteiger partial charge on any atom is -0.309 e. The molecule has 0 spiro atoms. The second-order valence-electron chi connectivity index (χ2n) is 4.68. The third-order valence-electron chi connectivity index (χ3n) is 2.72. The molecule has 7 heteroatoms. The smallest absolute Gasteiger partial charge is 0.271 e. The number of hydrogen-bond donors (Lipinski definition) is 1. The highest BCUT2D eigenvalue weighted by Crippen LogP contribution is 2.20. The topological polar surface area (TPSA) is 73.0 Å². The number of hydrogen-bond acceptors (Lipinski definition) is 4. The predicted octanol–water partition coefficient (Wildman–Crippen LogP) is 2.42. The average molecular weight is 278 g/mol. The van der Waals surface area contributed by atoms with Crippen LogP contribution in [0.15, 0.2) is 30.5 Å². The molecule has 2 aromatic rings. The molecule has 20 heavy (non-hydrogen) atoms. The van der Waals surface area contributed by atoms with E-state index in [4.69, 9.17) is 0 Å². The Labute approximate surface area is 115 Å². The maximum Gasteiger partial charge on any atom is 0.271 e. The van der Waals surface area contributed by atoms with Crippen molar-refractivity contribution in [3.8, 4) is 5.69 Å². The third kappa shape index (κ3) is 3.18. The molecule has 0 bridgehead atoms. The second-order valence-corrected chi connectivity index (χ2v) is 4.68. The van der Waals surface area contributed by atoms with Crippen LogP contribution in [0.25, 0.3) is 5.69 Å². The van der Waals surface area contributed by atoms with Crippen molar-refractivity contribution in [1.29, 1.82) is 0 Å². The fourth-order valence-corrected chi connectivity index (χ4v) is 1.69. The zero-order valence-corrected chi connectivity index (χ0v) is 11.2. The van der Waals surface area contributed by atoms with Crippen molar-refractivity contribution >= 4 is 5.69 Å². The summed E-state index contributed by atoms with van der Waals surface area (Å²) in [7, 11) is 0. The Morgan fingerprint density at radius 3 is 2.85 bits per heavy atom. The molecule has 0 aliphatic carbocycles. The van der Waals surface area contributed by atoms with E-state index in [1.165, 1.54) is 10.7 Å². The summed E-state index contributed by atoms with van der Waals surface area (Å²) in [6.45, 7) is 4.58. The van der Waals surface area contributed by atoms with E-state index >= 15 is 0 Å². The zero-order valence-electron chi connectivity index (χ0n) is 11.2. The summed E-state index contributed by atoms with van der Waals surface area (Å²) in [6.07, 6.45) is 1.58. The van der Waals surface area contributed by atoms with Crippen LogP contribution in [0.2, 0.25) is 0 Å². The Morgan fingerprint density at radius 1 is 1.45 bits per heavy atom. The summed E-state index contributed by atoms with van der Waals surface area (Å²) >= 11 is 0. The van der Waals surface area contributed by atoms with Gasteiger partial charge in [-0.2, -0.15) is 5.10 Å². The number of rotatable bonds is 5. The largest absolute Gasteiger partial charge is 0.309 e. The molecule has 6 nitrogen and oxygen atoms in total. The Morgan fingerprint density at radius 2 is 2.20 bits per heavy atom. The van der Waals surface area contributed by atoms with Gasteiger partial charge in [0.25, 0.3) is 5.69 Å². The SMILES string of the molecule is CC(C)NCc1ccn(-c2cc([N+](=O)[O-])ccc2F)n1. The van der Waals surface area contributed by atoms with Crippen LogP contribution in [0.1, 0.15) is 19.5 Å². The number of nitro groups is 1. The molecule has 0 amide bonds. The van der Waals surface area contributed by atoms with Crippen LogP contribution in [-0.2, 0) is 6.54 Å². The van der Waals surface area contributed by atoms with Gasteiger partial charge in [0.15, 0.2) is 0 Å². The molecule has 1 N–H and O–H groups in total. The molecular weight excluding hydrogens is 263 g/mol. The lowest BCUT2D eigenvalue weighted by atomic mass is 10.2. The maximum absolute atomic E-state index is 13.7. The molecule has 0 unspecified atom stereocenters. The zero-order chi connectivity index (χ0) is 14.7. The summed E-state index contributed by atoms with van der Waals surface area (Å²) in [5, 5.41) is 18.1. The van der Waals surface area contributed by atoms with Gasteiger partial charge in [-0.25, -0.2) is 9.07 Å². The summed E-state index contributed by atoms with van der Waals surface area (Å²) in [6, 6.07) is 5.43. The Kier molecular flexibility index (Phi) is 4.09. The number of nitrogens with one attached hydrogen (secondary N) is 1. The summed E-state index contributed by atoms with van der Waals surface area (Å²) in [5.41, 5.74) is 0.637. The molecule has 0 aliphatic heterocycles. The molecule has 0 saturated carbocycles. The first-order valence-electron chi connectivity index (χ1n) is 6.19. The van der Waals surface area contributed by atoms with Gasteiger partial charge >= 0.3 is 0 Å². The number of benzene rings is 1. The van der Waals surface area contributed by atoms with Gasteiger partial charge in [-0.1, -0.05) is 13.8 Å². The van der Waals surface area contributed by atoms with Gasteiger partial charge in [0, 0.05) is 30.9 Å². The number of nitrogens with zero attached hydrogens (tertiary/aromatic N) is 3. The van der Waals surface area contributed by atoms with Crippen molar-refractivity contribution in [3.63, 3.8) is 0 Å².